The molecule has 0 aliphatic heterocycles. The van der Waals surface area contributed by atoms with E-state index in [-0.39, 0.29) is 0 Å². The summed E-state index contributed by atoms with van der Waals surface area (Å²) in [4.78, 5) is 0. The Balaban J connectivity index is 2.05. The van der Waals surface area contributed by atoms with Gasteiger partial charge in [-0.3, -0.25) is 0 Å². The quantitative estimate of drug-likeness (QED) is 0.651. The Hall–Kier alpha value is -1.27. The van der Waals surface area contributed by atoms with Crippen molar-refractivity contribution in [2.45, 2.75) is 38.0 Å². The van der Waals surface area contributed by atoms with Crippen LogP contribution in [0.3, 0.4) is 0 Å². The van der Waals surface area contributed by atoms with Gasteiger partial charge in [-0.2, -0.15) is 0 Å². The largest absolute Gasteiger partial charge is 0.0843 e. The minimum Gasteiger partial charge on any atom is -0.0843 e. The zero-order chi connectivity index (χ0) is 13.2. The molecular formula is C18H19Cl. The molecule has 0 nitrogen and oxygen atoms in total. The summed E-state index contributed by atoms with van der Waals surface area (Å²) in [6.45, 7) is 2.29. The Kier molecular flexibility index (Phi) is 3.61. The standard InChI is InChI=1S/C18H19Cl/c1-2-13-10-11-17(14-6-5-7-15(19)12-14)18-9-4-3-8-16(13)18/h3-9,12-13,17H,2,10-11H2,1H3/t13-,17-/m0/s1. The van der Waals surface area contributed by atoms with Gasteiger partial charge in [-0.15, -0.1) is 0 Å². The molecule has 0 bridgehead atoms. The monoisotopic (exact) mass is 270 g/mol. The van der Waals surface area contributed by atoms with Crippen LogP contribution in [0.15, 0.2) is 48.5 Å². The smallest absolute Gasteiger partial charge is 0.0408 e. The maximum absolute atomic E-state index is 6.15. The van der Waals surface area contributed by atoms with Gasteiger partial charge in [0.1, 0.15) is 0 Å². The van der Waals surface area contributed by atoms with Crippen molar-refractivity contribution in [3.05, 3.63) is 70.2 Å². The third-order valence-electron chi connectivity index (χ3n) is 4.36. The summed E-state index contributed by atoms with van der Waals surface area (Å²) in [6.07, 6.45) is 3.75. The minimum absolute atomic E-state index is 0.512. The molecule has 1 heteroatoms. The first-order chi connectivity index (χ1) is 9.29. The topological polar surface area (TPSA) is 0 Å². The lowest BCUT2D eigenvalue weighted by Gasteiger charge is -2.31. The van der Waals surface area contributed by atoms with Crippen molar-refractivity contribution in [3.63, 3.8) is 0 Å². The molecule has 0 amide bonds. The Morgan fingerprint density at radius 1 is 1.00 bits per heavy atom. The summed E-state index contributed by atoms with van der Waals surface area (Å²) >= 11 is 6.15. The van der Waals surface area contributed by atoms with Crippen LogP contribution in [0.4, 0.5) is 0 Å². The summed E-state index contributed by atoms with van der Waals surface area (Å²) in [7, 11) is 0. The van der Waals surface area contributed by atoms with E-state index in [1.54, 1.807) is 5.56 Å². The van der Waals surface area contributed by atoms with Crippen molar-refractivity contribution in [3.8, 4) is 0 Å². The molecule has 0 fully saturated rings. The van der Waals surface area contributed by atoms with Crippen molar-refractivity contribution >= 4 is 11.6 Å². The second kappa shape index (κ2) is 5.38. The average Bonchev–Trinajstić information content (AvgIpc) is 2.46. The van der Waals surface area contributed by atoms with Crippen LogP contribution in [-0.4, -0.2) is 0 Å². The Bertz CT molecular complexity index is 573. The lowest BCUT2D eigenvalue weighted by Crippen LogP contribution is -2.15. The second-order valence-electron chi connectivity index (χ2n) is 5.42. The highest BCUT2D eigenvalue weighted by molar-refractivity contribution is 6.30. The number of benzene rings is 2. The normalized spacial score (nSPS) is 22.0. The van der Waals surface area contributed by atoms with Crippen LogP contribution in [0.5, 0.6) is 0 Å². The van der Waals surface area contributed by atoms with Crippen LogP contribution in [0, 0.1) is 0 Å². The van der Waals surface area contributed by atoms with E-state index in [1.165, 1.54) is 30.4 Å². The lowest BCUT2D eigenvalue weighted by atomic mass is 9.73. The third kappa shape index (κ3) is 2.42. The number of rotatable bonds is 2. The number of hydrogen-bond donors (Lipinski definition) is 0. The molecule has 2 aromatic rings. The molecule has 2 aromatic carbocycles. The van der Waals surface area contributed by atoms with Gasteiger partial charge in [-0.25, -0.2) is 0 Å². The van der Waals surface area contributed by atoms with Crippen molar-refractivity contribution in [2.75, 3.05) is 0 Å². The van der Waals surface area contributed by atoms with Gasteiger partial charge in [0.05, 0.1) is 0 Å². The molecule has 0 N–H and O–H groups in total. The lowest BCUT2D eigenvalue weighted by molar-refractivity contribution is 0.506. The molecular weight excluding hydrogens is 252 g/mol. The molecule has 0 saturated carbocycles. The maximum atomic E-state index is 6.15. The summed E-state index contributed by atoms with van der Waals surface area (Å²) in [5.74, 6) is 1.24. The molecule has 0 heterocycles. The number of hydrogen-bond acceptors (Lipinski definition) is 0. The van der Waals surface area contributed by atoms with Crippen molar-refractivity contribution in [2.24, 2.45) is 0 Å². The average molecular weight is 271 g/mol. The van der Waals surface area contributed by atoms with E-state index in [0.29, 0.717) is 5.92 Å². The second-order valence-corrected chi connectivity index (χ2v) is 5.86. The van der Waals surface area contributed by atoms with E-state index in [1.807, 2.05) is 6.07 Å². The van der Waals surface area contributed by atoms with E-state index in [2.05, 4.69) is 49.4 Å². The van der Waals surface area contributed by atoms with Gasteiger partial charge in [0.2, 0.25) is 0 Å². The fraction of sp³-hybridized carbons (Fsp3) is 0.333. The Morgan fingerprint density at radius 2 is 1.79 bits per heavy atom. The van der Waals surface area contributed by atoms with Crippen LogP contribution >= 0.6 is 11.6 Å². The minimum atomic E-state index is 0.512. The van der Waals surface area contributed by atoms with Gasteiger partial charge in [0, 0.05) is 10.9 Å². The van der Waals surface area contributed by atoms with Crippen LogP contribution in [0.2, 0.25) is 5.02 Å². The summed E-state index contributed by atoms with van der Waals surface area (Å²) < 4.78 is 0. The van der Waals surface area contributed by atoms with Gasteiger partial charge in [-0.05, 0) is 54.0 Å². The molecule has 0 unspecified atom stereocenters. The van der Waals surface area contributed by atoms with Gasteiger partial charge < -0.3 is 0 Å². The van der Waals surface area contributed by atoms with Crippen LogP contribution in [0.25, 0.3) is 0 Å². The first-order valence-corrected chi connectivity index (χ1v) is 7.51. The summed E-state index contributed by atoms with van der Waals surface area (Å²) in [6, 6.07) is 17.3. The third-order valence-corrected chi connectivity index (χ3v) is 4.59. The number of fused-ring (bicyclic) bond motifs is 1. The summed E-state index contributed by atoms with van der Waals surface area (Å²) in [5, 5.41) is 0.840. The van der Waals surface area contributed by atoms with E-state index in [9.17, 15) is 0 Å². The molecule has 98 valence electrons. The highest BCUT2D eigenvalue weighted by atomic mass is 35.5. The van der Waals surface area contributed by atoms with E-state index in [0.717, 1.165) is 10.9 Å². The van der Waals surface area contributed by atoms with E-state index >= 15 is 0 Å². The zero-order valence-corrected chi connectivity index (χ0v) is 12.0. The fourth-order valence-electron chi connectivity index (χ4n) is 3.37. The molecule has 19 heavy (non-hydrogen) atoms. The SMILES string of the molecule is CC[C@H]1CC[C@@H](c2cccc(Cl)c2)c2ccccc21. The first kappa shape index (κ1) is 12.7. The van der Waals surface area contributed by atoms with Gasteiger partial charge in [0.15, 0.2) is 0 Å². The molecule has 0 radical (unpaired) electrons. The molecule has 1 aliphatic carbocycles. The molecule has 3 rings (SSSR count). The summed E-state index contributed by atoms with van der Waals surface area (Å²) in [5.41, 5.74) is 4.40. The van der Waals surface area contributed by atoms with E-state index in [4.69, 9.17) is 11.6 Å². The van der Waals surface area contributed by atoms with Crippen LogP contribution in [0.1, 0.15) is 54.7 Å². The molecule has 0 spiro atoms. The molecule has 1 aliphatic rings. The predicted octanol–water partition coefficient (Wildman–Crippen LogP) is 5.76. The van der Waals surface area contributed by atoms with Gasteiger partial charge in [-0.1, -0.05) is 54.9 Å². The number of halogens is 1. The highest BCUT2D eigenvalue weighted by Crippen LogP contribution is 2.43. The predicted molar refractivity (Wildman–Crippen MR) is 82.0 cm³/mol. The van der Waals surface area contributed by atoms with E-state index < -0.39 is 0 Å². The fourth-order valence-corrected chi connectivity index (χ4v) is 3.57. The Morgan fingerprint density at radius 3 is 2.53 bits per heavy atom. The molecule has 2 atom stereocenters. The molecule has 0 saturated heterocycles. The van der Waals surface area contributed by atoms with Crippen molar-refractivity contribution in [1.29, 1.82) is 0 Å². The van der Waals surface area contributed by atoms with Gasteiger partial charge in [0.25, 0.3) is 0 Å². The Labute approximate surface area is 120 Å². The van der Waals surface area contributed by atoms with Crippen LogP contribution in [-0.2, 0) is 0 Å². The van der Waals surface area contributed by atoms with Crippen LogP contribution < -0.4 is 0 Å². The van der Waals surface area contributed by atoms with Gasteiger partial charge >= 0.3 is 0 Å². The van der Waals surface area contributed by atoms with Crippen molar-refractivity contribution < 1.29 is 0 Å². The maximum Gasteiger partial charge on any atom is 0.0408 e. The highest BCUT2D eigenvalue weighted by Gasteiger charge is 2.26. The van der Waals surface area contributed by atoms with Crippen molar-refractivity contribution in [1.82, 2.24) is 0 Å². The first-order valence-electron chi connectivity index (χ1n) is 7.14. The molecule has 0 aromatic heterocycles. The zero-order valence-electron chi connectivity index (χ0n) is 11.3.